The van der Waals surface area contributed by atoms with E-state index in [0.717, 1.165) is 27.2 Å². The number of hydrogen-bond donors (Lipinski definition) is 0. The van der Waals surface area contributed by atoms with Crippen LogP contribution in [0.3, 0.4) is 0 Å². The first kappa shape index (κ1) is 10.9. The van der Waals surface area contributed by atoms with Gasteiger partial charge in [0.2, 0.25) is 0 Å². The molecule has 0 aliphatic heterocycles. The molecule has 0 saturated carbocycles. The van der Waals surface area contributed by atoms with Crippen molar-refractivity contribution >= 4 is 27.5 Å². The third kappa shape index (κ3) is 2.89. The topological polar surface area (TPSA) is 9.23 Å². The molecule has 1 rings (SSSR count). The fraction of sp³-hybridized carbons (Fsp3) is 0.400. The minimum atomic E-state index is 0.681. The van der Waals surface area contributed by atoms with Gasteiger partial charge in [-0.05, 0) is 37.1 Å². The molecular formula is C10H12BrClO. The van der Waals surface area contributed by atoms with Gasteiger partial charge < -0.3 is 4.74 Å². The Kier molecular flexibility index (Phi) is 4.07. The summed E-state index contributed by atoms with van der Waals surface area (Å²) in [5.74, 6) is 0.888. The van der Waals surface area contributed by atoms with E-state index in [1.807, 2.05) is 26.0 Å². The number of alkyl halides is 1. The molecule has 1 aromatic rings. The maximum Gasteiger partial charge on any atom is 0.119 e. The lowest BCUT2D eigenvalue weighted by molar-refractivity contribution is 0.344. The van der Waals surface area contributed by atoms with Gasteiger partial charge in [-0.25, -0.2) is 0 Å². The van der Waals surface area contributed by atoms with Crippen molar-refractivity contribution in [1.82, 2.24) is 0 Å². The highest BCUT2D eigenvalue weighted by atomic mass is 79.9. The van der Waals surface area contributed by atoms with E-state index in [-0.39, 0.29) is 0 Å². The molecule has 13 heavy (non-hydrogen) atoms. The molecular weight excluding hydrogens is 251 g/mol. The summed E-state index contributed by atoms with van der Waals surface area (Å²) in [4.78, 5) is 0. The van der Waals surface area contributed by atoms with Crippen molar-refractivity contribution in [3.05, 3.63) is 28.3 Å². The van der Waals surface area contributed by atoms with E-state index in [4.69, 9.17) is 16.3 Å². The number of aryl methyl sites for hydroxylation is 2. The molecule has 0 unspecified atom stereocenters. The second-order valence-electron chi connectivity index (χ2n) is 2.91. The molecule has 0 N–H and O–H groups in total. The lowest BCUT2D eigenvalue weighted by Gasteiger charge is -2.08. The number of benzene rings is 1. The van der Waals surface area contributed by atoms with Crippen LogP contribution in [0.25, 0.3) is 0 Å². The summed E-state index contributed by atoms with van der Waals surface area (Å²) in [5, 5.41) is 1.67. The largest absolute Gasteiger partial charge is 0.493 e. The van der Waals surface area contributed by atoms with E-state index in [9.17, 15) is 0 Å². The molecule has 1 aromatic carbocycles. The third-order valence-electron chi connectivity index (χ3n) is 1.76. The van der Waals surface area contributed by atoms with Gasteiger partial charge in [0, 0.05) is 10.4 Å². The summed E-state index contributed by atoms with van der Waals surface area (Å²) in [6.07, 6.45) is 0. The van der Waals surface area contributed by atoms with Gasteiger partial charge in [0.05, 0.1) is 6.61 Å². The van der Waals surface area contributed by atoms with Crippen LogP contribution in [0.4, 0.5) is 0 Å². The molecule has 0 aliphatic carbocycles. The van der Waals surface area contributed by atoms with E-state index >= 15 is 0 Å². The predicted molar refractivity (Wildman–Crippen MR) is 60.2 cm³/mol. The first-order chi connectivity index (χ1) is 6.15. The fourth-order valence-corrected chi connectivity index (χ4v) is 1.42. The van der Waals surface area contributed by atoms with E-state index in [1.165, 1.54) is 0 Å². The molecule has 0 amide bonds. The number of ether oxygens (including phenoxy) is 1. The van der Waals surface area contributed by atoms with Gasteiger partial charge >= 0.3 is 0 Å². The Balaban J connectivity index is 2.86. The highest BCUT2D eigenvalue weighted by Crippen LogP contribution is 2.25. The highest BCUT2D eigenvalue weighted by molar-refractivity contribution is 9.09. The summed E-state index contributed by atoms with van der Waals surface area (Å²) in [7, 11) is 0. The Morgan fingerprint density at radius 1 is 1.31 bits per heavy atom. The molecule has 0 heterocycles. The first-order valence-corrected chi connectivity index (χ1v) is 5.60. The molecule has 0 saturated heterocycles. The van der Waals surface area contributed by atoms with Crippen molar-refractivity contribution in [2.24, 2.45) is 0 Å². The molecule has 0 fully saturated rings. The summed E-state index contributed by atoms with van der Waals surface area (Å²) >= 11 is 9.33. The van der Waals surface area contributed by atoms with Gasteiger partial charge in [-0.2, -0.15) is 0 Å². The number of halogens is 2. The van der Waals surface area contributed by atoms with Gasteiger partial charge in [0.25, 0.3) is 0 Å². The Labute approximate surface area is 92.2 Å². The standard InChI is InChI=1S/C10H12BrClO/c1-7-5-9(13-4-3-11)6-8(2)10(7)12/h5-6H,3-4H2,1-2H3. The van der Waals surface area contributed by atoms with Crippen LogP contribution in [-0.2, 0) is 0 Å². The Bertz CT molecular complexity index is 276. The van der Waals surface area contributed by atoms with Crippen molar-refractivity contribution in [1.29, 1.82) is 0 Å². The first-order valence-electron chi connectivity index (χ1n) is 4.10. The van der Waals surface area contributed by atoms with Crippen molar-refractivity contribution in [2.45, 2.75) is 13.8 Å². The fourth-order valence-electron chi connectivity index (χ4n) is 1.15. The van der Waals surface area contributed by atoms with Gasteiger partial charge in [0.1, 0.15) is 5.75 Å². The Morgan fingerprint density at radius 3 is 2.31 bits per heavy atom. The Morgan fingerprint density at radius 2 is 1.85 bits per heavy atom. The van der Waals surface area contributed by atoms with Crippen molar-refractivity contribution in [3.8, 4) is 5.75 Å². The van der Waals surface area contributed by atoms with Crippen LogP contribution in [0.2, 0.25) is 5.02 Å². The van der Waals surface area contributed by atoms with Gasteiger partial charge in [-0.15, -0.1) is 0 Å². The SMILES string of the molecule is Cc1cc(OCCBr)cc(C)c1Cl. The molecule has 0 bridgehead atoms. The number of rotatable bonds is 3. The van der Waals surface area contributed by atoms with Crippen molar-refractivity contribution in [2.75, 3.05) is 11.9 Å². The van der Waals surface area contributed by atoms with Crippen LogP contribution in [0.15, 0.2) is 12.1 Å². The molecule has 0 atom stereocenters. The highest BCUT2D eigenvalue weighted by Gasteiger charge is 2.02. The summed E-state index contributed by atoms with van der Waals surface area (Å²) in [6, 6.07) is 3.91. The van der Waals surface area contributed by atoms with Gasteiger partial charge in [-0.3, -0.25) is 0 Å². The molecule has 0 aromatic heterocycles. The lowest BCUT2D eigenvalue weighted by atomic mass is 10.1. The molecule has 3 heteroatoms. The quantitative estimate of drug-likeness (QED) is 0.755. The van der Waals surface area contributed by atoms with E-state index in [2.05, 4.69) is 15.9 Å². The predicted octanol–water partition coefficient (Wildman–Crippen LogP) is 3.73. The second kappa shape index (κ2) is 4.87. The zero-order valence-electron chi connectivity index (χ0n) is 7.73. The minimum Gasteiger partial charge on any atom is -0.493 e. The smallest absolute Gasteiger partial charge is 0.119 e. The average molecular weight is 264 g/mol. The summed E-state index contributed by atoms with van der Waals surface area (Å²) in [5.41, 5.74) is 2.12. The monoisotopic (exact) mass is 262 g/mol. The van der Waals surface area contributed by atoms with E-state index < -0.39 is 0 Å². The minimum absolute atomic E-state index is 0.681. The number of hydrogen-bond acceptors (Lipinski definition) is 1. The molecule has 1 nitrogen and oxygen atoms in total. The van der Waals surface area contributed by atoms with Crippen LogP contribution in [0.1, 0.15) is 11.1 Å². The summed E-state index contributed by atoms with van der Waals surface area (Å²) < 4.78 is 5.47. The molecule has 0 spiro atoms. The zero-order chi connectivity index (χ0) is 9.84. The van der Waals surface area contributed by atoms with Crippen LogP contribution in [-0.4, -0.2) is 11.9 Å². The van der Waals surface area contributed by atoms with Gasteiger partial charge in [0.15, 0.2) is 0 Å². The zero-order valence-corrected chi connectivity index (χ0v) is 10.1. The van der Waals surface area contributed by atoms with Crippen LogP contribution in [0, 0.1) is 13.8 Å². The Hall–Kier alpha value is -0.210. The maximum absolute atomic E-state index is 6.02. The molecule has 72 valence electrons. The third-order valence-corrected chi connectivity index (χ3v) is 2.68. The van der Waals surface area contributed by atoms with Crippen molar-refractivity contribution in [3.63, 3.8) is 0 Å². The summed E-state index contributed by atoms with van der Waals surface area (Å²) in [6.45, 7) is 4.65. The van der Waals surface area contributed by atoms with Crippen LogP contribution >= 0.6 is 27.5 Å². The van der Waals surface area contributed by atoms with Crippen molar-refractivity contribution < 1.29 is 4.74 Å². The molecule has 0 aliphatic rings. The normalized spacial score (nSPS) is 10.2. The molecule has 0 radical (unpaired) electrons. The average Bonchev–Trinajstić information content (AvgIpc) is 2.10. The lowest BCUT2D eigenvalue weighted by Crippen LogP contribution is -1.98. The second-order valence-corrected chi connectivity index (χ2v) is 4.08. The van der Waals surface area contributed by atoms with Crippen LogP contribution < -0.4 is 4.74 Å². The van der Waals surface area contributed by atoms with E-state index in [1.54, 1.807) is 0 Å². The van der Waals surface area contributed by atoms with E-state index in [0.29, 0.717) is 6.61 Å². The van der Waals surface area contributed by atoms with Crippen LogP contribution in [0.5, 0.6) is 5.75 Å². The maximum atomic E-state index is 6.02. The van der Waals surface area contributed by atoms with Gasteiger partial charge in [-0.1, -0.05) is 27.5 Å².